The zero-order valence-electron chi connectivity index (χ0n) is 11.9. The molecule has 1 amide bonds. The van der Waals surface area contributed by atoms with E-state index in [0.717, 1.165) is 24.2 Å². The lowest BCUT2D eigenvalue weighted by molar-refractivity contribution is -0.119. The zero-order valence-corrected chi connectivity index (χ0v) is 11.9. The van der Waals surface area contributed by atoms with Gasteiger partial charge in [-0.15, -0.1) is 0 Å². The Morgan fingerprint density at radius 1 is 1.50 bits per heavy atom. The van der Waals surface area contributed by atoms with Gasteiger partial charge in [-0.1, -0.05) is 13.0 Å². The van der Waals surface area contributed by atoms with E-state index >= 15 is 0 Å². The molecule has 1 aromatic carbocycles. The quantitative estimate of drug-likeness (QED) is 0.900. The Morgan fingerprint density at radius 3 is 3.15 bits per heavy atom. The van der Waals surface area contributed by atoms with E-state index in [0.29, 0.717) is 18.9 Å². The molecule has 3 nitrogen and oxygen atoms in total. The van der Waals surface area contributed by atoms with Gasteiger partial charge < -0.3 is 10.2 Å². The van der Waals surface area contributed by atoms with Crippen LogP contribution in [0, 0.1) is 11.7 Å². The van der Waals surface area contributed by atoms with Gasteiger partial charge in [0.1, 0.15) is 5.82 Å². The van der Waals surface area contributed by atoms with E-state index in [2.05, 4.69) is 12.2 Å². The number of hydrogen-bond acceptors (Lipinski definition) is 2. The van der Waals surface area contributed by atoms with E-state index in [1.54, 1.807) is 11.0 Å². The standard InChI is InChI=1S/C16H21FN2O/c1-11-3-2-7-18-14(11)10-16(20)19-8-6-12-4-5-13(17)9-15(12)19/h4-5,9,11,14,18H,2-3,6-8,10H2,1H3. The normalized spacial score (nSPS) is 25.6. The molecule has 1 N–H and O–H groups in total. The Kier molecular flexibility index (Phi) is 3.74. The molecule has 0 aliphatic carbocycles. The Morgan fingerprint density at radius 2 is 2.35 bits per heavy atom. The Bertz CT molecular complexity index is 517. The van der Waals surface area contributed by atoms with Gasteiger partial charge in [-0.05, 0) is 49.4 Å². The summed E-state index contributed by atoms with van der Waals surface area (Å²) < 4.78 is 13.4. The number of nitrogens with one attached hydrogen (secondary N) is 1. The lowest BCUT2D eigenvalue weighted by atomic mass is 9.90. The first-order valence-electron chi connectivity index (χ1n) is 7.47. The summed E-state index contributed by atoms with van der Waals surface area (Å²) in [5, 5.41) is 3.44. The van der Waals surface area contributed by atoms with E-state index in [4.69, 9.17) is 0 Å². The SMILES string of the molecule is CC1CCCNC1CC(=O)N1CCc2ccc(F)cc21. The van der Waals surface area contributed by atoms with Gasteiger partial charge in [-0.25, -0.2) is 4.39 Å². The minimum absolute atomic E-state index is 0.112. The van der Waals surface area contributed by atoms with E-state index in [9.17, 15) is 9.18 Å². The molecule has 2 atom stereocenters. The molecule has 1 fully saturated rings. The maximum absolute atomic E-state index is 13.4. The number of anilines is 1. The molecule has 2 aliphatic heterocycles. The molecule has 0 spiro atoms. The highest BCUT2D eigenvalue weighted by Crippen LogP contribution is 2.30. The fourth-order valence-electron chi connectivity index (χ4n) is 3.30. The van der Waals surface area contributed by atoms with Crippen LogP contribution in [0.3, 0.4) is 0 Å². The highest BCUT2D eigenvalue weighted by molar-refractivity contribution is 5.95. The summed E-state index contributed by atoms with van der Waals surface area (Å²) in [6.07, 6.45) is 3.70. The molecule has 3 rings (SSSR count). The van der Waals surface area contributed by atoms with Crippen LogP contribution in [0.2, 0.25) is 0 Å². The molecule has 4 heteroatoms. The zero-order chi connectivity index (χ0) is 14.1. The molecule has 20 heavy (non-hydrogen) atoms. The largest absolute Gasteiger partial charge is 0.313 e. The third-order valence-corrected chi connectivity index (χ3v) is 4.57. The minimum atomic E-state index is -0.271. The maximum Gasteiger partial charge on any atom is 0.228 e. The molecule has 108 valence electrons. The van der Waals surface area contributed by atoms with Crippen molar-refractivity contribution in [3.63, 3.8) is 0 Å². The second-order valence-corrected chi connectivity index (χ2v) is 5.95. The fraction of sp³-hybridized carbons (Fsp3) is 0.562. The fourth-order valence-corrected chi connectivity index (χ4v) is 3.30. The van der Waals surface area contributed by atoms with Crippen LogP contribution >= 0.6 is 0 Å². The number of carbonyl (C=O) groups is 1. The summed E-state index contributed by atoms with van der Waals surface area (Å²) in [4.78, 5) is 14.2. The van der Waals surface area contributed by atoms with Crippen molar-refractivity contribution in [3.05, 3.63) is 29.6 Å². The molecule has 1 aromatic rings. The van der Waals surface area contributed by atoms with E-state index < -0.39 is 0 Å². The predicted octanol–water partition coefficient (Wildman–Crippen LogP) is 2.49. The Labute approximate surface area is 119 Å². The molecular weight excluding hydrogens is 255 g/mol. The van der Waals surface area contributed by atoms with Crippen molar-refractivity contribution in [1.82, 2.24) is 5.32 Å². The summed E-state index contributed by atoms with van der Waals surface area (Å²) in [6.45, 7) is 3.87. The van der Waals surface area contributed by atoms with Gasteiger partial charge in [0.2, 0.25) is 5.91 Å². The second-order valence-electron chi connectivity index (χ2n) is 5.95. The van der Waals surface area contributed by atoms with Crippen molar-refractivity contribution < 1.29 is 9.18 Å². The molecule has 2 heterocycles. The Hall–Kier alpha value is -1.42. The smallest absolute Gasteiger partial charge is 0.228 e. The Balaban J connectivity index is 1.71. The first-order valence-corrected chi connectivity index (χ1v) is 7.47. The van der Waals surface area contributed by atoms with Crippen molar-refractivity contribution in [2.45, 2.75) is 38.6 Å². The molecule has 0 radical (unpaired) electrons. The highest BCUT2D eigenvalue weighted by atomic mass is 19.1. The first-order chi connectivity index (χ1) is 9.65. The lowest BCUT2D eigenvalue weighted by Crippen LogP contribution is -2.44. The third-order valence-electron chi connectivity index (χ3n) is 4.57. The van der Waals surface area contributed by atoms with Gasteiger partial charge in [0.15, 0.2) is 0 Å². The number of rotatable bonds is 2. The van der Waals surface area contributed by atoms with Crippen LogP contribution in [0.1, 0.15) is 31.7 Å². The number of nitrogens with zero attached hydrogens (tertiary/aromatic N) is 1. The summed E-state index contributed by atoms with van der Waals surface area (Å²) >= 11 is 0. The van der Waals surface area contributed by atoms with E-state index in [-0.39, 0.29) is 17.8 Å². The molecule has 1 saturated heterocycles. The predicted molar refractivity (Wildman–Crippen MR) is 77.3 cm³/mol. The van der Waals surface area contributed by atoms with E-state index in [1.165, 1.54) is 25.0 Å². The number of halogens is 1. The number of carbonyl (C=O) groups excluding carboxylic acids is 1. The van der Waals surface area contributed by atoms with Crippen molar-refractivity contribution >= 4 is 11.6 Å². The van der Waals surface area contributed by atoms with Crippen LogP contribution in [0.5, 0.6) is 0 Å². The second kappa shape index (κ2) is 5.52. The van der Waals surface area contributed by atoms with Gasteiger partial charge in [0.25, 0.3) is 0 Å². The molecule has 0 saturated carbocycles. The highest BCUT2D eigenvalue weighted by Gasteiger charge is 2.29. The maximum atomic E-state index is 13.4. The summed E-state index contributed by atoms with van der Waals surface area (Å²) in [6, 6.07) is 5.00. The van der Waals surface area contributed by atoms with Gasteiger partial charge in [0, 0.05) is 24.7 Å². The number of benzene rings is 1. The average molecular weight is 276 g/mol. The topological polar surface area (TPSA) is 32.3 Å². The lowest BCUT2D eigenvalue weighted by Gasteiger charge is -2.31. The van der Waals surface area contributed by atoms with Crippen LogP contribution < -0.4 is 10.2 Å². The van der Waals surface area contributed by atoms with Gasteiger partial charge >= 0.3 is 0 Å². The molecule has 0 bridgehead atoms. The summed E-state index contributed by atoms with van der Waals surface area (Å²) in [7, 11) is 0. The molecule has 2 aliphatic rings. The number of hydrogen-bond donors (Lipinski definition) is 1. The van der Waals surface area contributed by atoms with Crippen molar-refractivity contribution in [3.8, 4) is 0 Å². The summed E-state index contributed by atoms with van der Waals surface area (Å²) in [5.41, 5.74) is 1.84. The average Bonchev–Trinajstić information content (AvgIpc) is 2.84. The van der Waals surface area contributed by atoms with Crippen LogP contribution in [-0.2, 0) is 11.2 Å². The number of fused-ring (bicyclic) bond motifs is 1. The van der Waals surface area contributed by atoms with Gasteiger partial charge in [-0.2, -0.15) is 0 Å². The minimum Gasteiger partial charge on any atom is -0.313 e. The van der Waals surface area contributed by atoms with Crippen LogP contribution in [0.25, 0.3) is 0 Å². The van der Waals surface area contributed by atoms with Crippen LogP contribution in [0.15, 0.2) is 18.2 Å². The van der Waals surface area contributed by atoms with Crippen LogP contribution in [0.4, 0.5) is 10.1 Å². The molecule has 0 aromatic heterocycles. The van der Waals surface area contributed by atoms with E-state index in [1.807, 2.05) is 0 Å². The van der Waals surface area contributed by atoms with Crippen molar-refractivity contribution in [1.29, 1.82) is 0 Å². The van der Waals surface area contributed by atoms with Crippen molar-refractivity contribution in [2.75, 3.05) is 18.0 Å². The summed E-state index contributed by atoms with van der Waals surface area (Å²) in [5.74, 6) is 0.371. The van der Waals surface area contributed by atoms with Crippen LogP contribution in [-0.4, -0.2) is 25.0 Å². The monoisotopic (exact) mass is 276 g/mol. The molecular formula is C16H21FN2O. The van der Waals surface area contributed by atoms with Crippen molar-refractivity contribution in [2.24, 2.45) is 5.92 Å². The van der Waals surface area contributed by atoms with Gasteiger partial charge in [0.05, 0.1) is 0 Å². The number of piperidine rings is 1. The first kappa shape index (κ1) is 13.6. The molecule has 2 unspecified atom stereocenters. The number of amides is 1. The third kappa shape index (κ3) is 2.57. The van der Waals surface area contributed by atoms with Gasteiger partial charge in [-0.3, -0.25) is 4.79 Å².